The predicted octanol–water partition coefficient (Wildman–Crippen LogP) is 2.97. The number of piperidine rings is 1. The first-order chi connectivity index (χ1) is 9.41. The summed E-state index contributed by atoms with van der Waals surface area (Å²) >= 11 is 6.55. The van der Waals surface area contributed by atoms with Crippen LogP contribution in [0.1, 0.15) is 26.7 Å². The summed E-state index contributed by atoms with van der Waals surface area (Å²) in [7, 11) is 0. The van der Waals surface area contributed by atoms with Gasteiger partial charge in [0.2, 0.25) is 5.91 Å². The molecule has 1 fully saturated rings. The van der Waals surface area contributed by atoms with E-state index in [0.717, 1.165) is 25.9 Å². The van der Waals surface area contributed by atoms with Gasteiger partial charge in [0.05, 0.1) is 6.20 Å². The van der Waals surface area contributed by atoms with Gasteiger partial charge in [-0.2, -0.15) is 0 Å². The summed E-state index contributed by atoms with van der Waals surface area (Å²) in [6.07, 6.45) is 3.75. The smallest absolute Gasteiger partial charge is 0.231 e. The maximum atomic E-state index is 12.5. The molecule has 1 aromatic rings. The van der Waals surface area contributed by atoms with Crippen molar-refractivity contribution in [2.24, 2.45) is 11.3 Å². The molecule has 0 bridgehead atoms. The van der Waals surface area contributed by atoms with Crippen LogP contribution >= 0.6 is 31.9 Å². The van der Waals surface area contributed by atoms with Gasteiger partial charge in [-0.05, 0) is 63.7 Å². The highest BCUT2D eigenvalue weighted by atomic mass is 79.9. The van der Waals surface area contributed by atoms with Gasteiger partial charge in [0.15, 0.2) is 5.82 Å². The van der Waals surface area contributed by atoms with Gasteiger partial charge in [0, 0.05) is 5.41 Å². The molecule has 110 valence electrons. The molecule has 7 heteroatoms. The van der Waals surface area contributed by atoms with Crippen LogP contribution in [0.25, 0.3) is 0 Å². The molecule has 1 atom stereocenters. The van der Waals surface area contributed by atoms with Crippen molar-refractivity contribution in [1.82, 2.24) is 15.3 Å². The van der Waals surface area contributed by atoms with Gasteiger partial charge in [-0.1, -0.05) is 13.8 Å². The van der Waals surface area contributed by atoms with Gasteiger partial charge >= 0.3 is 0 Å². The maximum Gasteiger partial charge on any atom is 0.231 e. The van der Waals surface area contributed by atoms with E-state index in [-0.39, 0.29) is 5.91 Å². The van der Waals surface area contributed by atoms with Gasteiger partial charge in [-0.25, -0.2) is 9.97 Å². The number of nitrogens with one attached hydrogen (secondary N) is 2. The lowest BCUT2D eigenvalue weighted by atomic mass is 9.74. The molecule has 0 aliphatic carbocycles. The third-order valence-electron chi connectivity index (χ3n) is 3.84. The number of amides is 1. The third kappa shape index (κ3) is 3.56. The zero-order valence-electron chi connectivity index (χ0n) is 11.5. The highest BCUT2D eigenvalue weighted by Gasteiger charge is 2.37. The Bertz CT molecular complexity index is 501. The fraction of sp³-hybridized carbons (Fsp3) is 0.615. The minimum absolute atomic E-state index is 0.0245. The number of aromatic nitrogens is 2. The molecule has 2 N–H and O–H groups in total. The summed E-state index contributed by atoms with van der Waals surface area (Å²) < 4.78 is 1.15. The van der Waals surface area contributed by atoms with Crippen LogP contribution in [0.15, 0.2) is 15.4 Å². The van der Waals surface area contributed by atoms with E-state index in [1.807, 2.05) is 13.8 Å². The van der Waals surface area contributed by atoms with E-state index in [1.54, 1.807) is 6.20 Å². The van der Waals surface area contributed by atoms with Crippen molar-refractivity contribution in [3.63, 3.8) is 0 Å². The van der Waals surface area contributed by atoms with Gasteiger partial charge in [0.1, 0.15) is 9.21 Å². The van der Waals surface area contributed by atoms with Crippen molar-refractivity contribution in [2.45, 2.75) is 26.7 Å². The summed E-state index contributed by atoms with van der Waals surface area (Å²) in [6.45, 7) is 5.89. The Kier molecular flexibility index (Phi) is 5.14. The second-order valence-electron chi connectivity index (χ2n) is 5.55. The molecular weight excluding hydrogens is 388 g/mol. The summed E-state index contributed by atoms with van der Waals surface area (Å²) in [5, 5.41) is 6.22. The van der Waals surface area contributed by atoms with E-state index in [4.69, 9.17) is 0 Å². The molecule has 0 radical (unpaired) electrons. The Morgan fingerprint density at radius 2 is 2.25 bits per heavy atom. The first-order valence-electron chi connectivity index (χ1n) is 6.61. The van der Waals surface area contributed by atoms with Gasteiger partial charge in [0.25, 0.3) is 0 Å². The summed E-state index contributed by atoms with van der Waals surface area (Å²) in [5.41, 5.74) is -0.443. The molecule has 0 aromatic carbocycles. The largest absolute Gasteiger partial charge is 0.316 e. The van der Waals surface area contributed by atoms with Crippen molar-refractivity contribution < 1.29 is 4.79 Å². The van der Waals surface area contributed by atoms with Gasteiger partial charge in [-0.15, -0.1) is 0 Å². The minimum atomic E-state index is -0.443. The van der Waals surface area contributed by atoms with E-state index in [9.17, 15) is 4.79 Å². The number of carbonyl (C=O) groups is 1. The number of halogens is 2. The normalized spacial score (nSPS) is 19.7. The molecule has 0 saturated carbocycles. The van der Waals surface area contributed by atoms with Gasteiger partial charge in [-0.3, -0.25) is 4.79 Å². The van der Waals surface area contributed by atoms with Crippen LogP contribution in [0.2, 0.25) is 0 Å². The highest BCUT2D eigenvalue weighted by molar-refractivity contribution is 9.11. The van der Waals surface area contributed by atoms with Crippen LogP contribution in [0, 0.1) is 11.3 Å². The molecule has 1 aliphatic rings. The molecular formula is C13H18Br2N4O. The molecule has 1 aromatic heterocycles. The average Bonchev–Trinajstić information content (AvgIpc) is 2.42. The Balaban J connectivity index is 2.09. The van der Waals surface area contributed by atoms with Crippen LogP contribution in [0.3, 0.4) is 0 Å². The minimum Gasteiger partial charge on any atom is -0.316 e. The SMILES string of the molecule is CC(C)(C(=O)Nc1ncc(Br)nc1Br)C1CCCNC1. The van der Waals surface area contributed by atoms with E-state index in [0.29, 0.717) is 20.9 Å². The Morgan fingerprint density at radius 3 is 2.85 bits per heavy atom. The molecule has 1 aliphatic heterocycles. The summed E-state index contributed by atoms with van der Waals surface area (Å²) in [5.74, 6) is 0.761. The van der Waals surface area contributed by atoms with Crippen molar-refractivity contribution in [2.75, 3.05) is 18.4 Å². The lowest BCUT2D eigenvalue weighted by molar-refractivity contribution is -0.127. The number of nitrogens with zero attached hydrogens (tertiary/aromatic N) is 2. The van der Waals surface area contributed by atoms with Crippen LogP contribution in [-0.2, 0) is 4.79 Å². The van der Waals surface area contributed by atoms with Crippen molar-refractivity contribution in [3.05, 3.63) is 15.4 Å². The average molecular weight is 406 g/mol. The summed E-state index contributed by atoms with van der Waals surface area (Å²) in [4.78, 5) is 20.9. The van der Waals surface area contributed by atoms with E-state index in [1.165, 1.54) is 0 Å². The zero-order valence-corrected chi connectivity index (χ0v) is 14.7. The van der Waals surface area contributed by atoms with Crippen molar-refractivity contribution in [1.29, 1.82) is 0 Å². The fourth-order valence-corrected chi connectivity index (χ4v) is 3.26. The molecule has 2 heterocycles. The first kappa shape index (κ1) is 15.9. The van der Waals surface area contributed by atoms with Crippen molar-refractivity contribution >= 4 is 43.6 Å². The monoisotopic (exact) mass is 404 g/mol. The predicted molar refractivity (Wildman–Crippen MR) is 85.4 cm³/mol. The Labute approximate surface area is 135 Å². The Morgan fingerprint density at radius 1 is 1.50 bits per heavy atom. The standard InChI is InChI=1S/C13H18Br2N4O/c1-13(2,8-4-3-5-16-6-8)12(20)19-11-10(15)18-9(14)7-17-11/h7-8,16H,3-6H2,1-2H3,(H,17,19,20). The van der Waals surface area contributed by atoms with Gasteiger partial charge < -0.3 is 10.6 Å². The maximum absolute atomic E-state index is 12.5. The van der Waals surface area contributed by atoms with Crippen LogP contribution in [-0.4, -0.2) is 29.0 Å². The Hall–Kier alpha value is -0.530. The first-order valence-corrected chi connectivity index (χ1v) is 8.20. The molecule has 1 unspecified atom stereocenters. The lowest BCUT2D eigenvalue weighted by Gasteiger charge is -2.35. The number of hydrogen-bond donors (Lipinski definition) is 2. The van der Waals surface area contributed by atoms with Crippen LogP contribution < -0.4 is 10.6 Å². The quantitative estimate of drug-likeness (QED) is 0.811. The number of anilines is 1. The van der Waals surface area contributed by atoms with Crippen molar-refractivity contribution in [3.8, 4) is 0 Å². The summed E-state index contributed by atoms with van der Waals surface area (Å²) in [6, 6.07) is 0. The van der Waals surface area contributed by atoms with Crippen LogP contribution in [0.4, 0.5) is 5.82 Å². The second kappa shape index (κ2) is 6.49. The molecule has 2 rings (SSSR count). The number of rotatable bonds is 3. The van der Waals surface area contributed by atoms with Crippen LogP contribution in [0.5, 0.6) is 0 Å². The number of carbonyl (C=O) groups excluding carboxylic acids is 1. The second-order valence-corrected chi connectivity index (χ2v) is 7.11. The molecule has 5 nitrogen and oxygen atoms in total. The molecule has 1 saturated heterocycles. The number of hydrogen-bond acceptors (Lipinski definition) is 4. The third-order valence-corrected chi connectivity index (χ3v) is 4.77. The fourth-order valence-electron chi connectivity index (χ4n) is 2.35. The lowest BCUT2D eigenvalue weighted by Crippen LogP contribution is -2.45. The van der Waals surface area contributed by atoms with E-state index < -0.39 is 5.41 Å². The zero-order chi connectivity index (χ0) is 14.8. The highest BCUT2D eigenvalue weighted by Crippen LogP contribution is 2.33. The van der Waals surface area contributed by atoms with E-state index in [2.05, 4.69) is 52.5 Å². The molecule has 0 spiro atoms. The topological polar surface area (TPSA) is 66.9 Å². The molecule has 20 heavy (non-hydrogen) atoms. The molecule has 1 amide bonds. The van der Waals surface area contributed by atoms with E-state index >= 15 is 0 Å².